The van der Waals surface area contributed by atoms with Crippen LogP contribution in [0.15, 0.2) is 24.3 Å². The molecule has 0 saturated carbocycles. The lowest BCUT2D eigenvalue weighted by atomic mass is 9.93. The Morgan fingerprint density at radius 3 is 2.76 bits per heavy atom. The third-order valence-electron chi connectivity index (χ3n) is 4.13. The summed E-state index contributed by atoms with van der Waals surface area (Å²) in [5, 5.41) is 7.70. The molecule has 0 unspecified atom stereocenters. The van der Waals surface area contributed by atoms with Gasteiger partial charge in [-0.1, -0.05) is 17.7 Å². The van der Waals surface area contributed by atoms with Crippen molar-refractivity contribution < 1.29 is 14.3 Å². The maximum Gasteiger partial charge on any atom is 0.244 e. The van der Waals surface area contributed by atoms with Gasteiger partial charge in [-0.25, -0.2) is 0 Å². The van der Waals surface area contributed by atoms with Crippen LogP contribution in [-0.2, 0) is 17.4 Å². The minimum absolute atomic E-state index is 0.220. The lowest BCUT2D eigenvalue weighted by Crippen LogP contribution is -2.40. The molecule has 1 aromatic carbocycles. The number of rotatable bonds is 4. The van der Waals surface area contributed by atoms with Crippen molar-refractivity contribution in [1.82, 2.24) is 15.1 Å². The van der Waals surface area contributed by atoms with Crippen molar-refractivity contribution in [1.29, 1.82) is 0 Å². The number of carbonyl (C=O) groups is 1. The van der Waals surface area contributed by atoms with Crippen LogP contribution in [0.4, 0.5) is 0 Å². The van der Waals surface area contributed by atoms with Crippen molar-refractivity contribution in [3.05, 3.63) is 46.2 Å². The van der Waals surface area contributed by atoms with Crippen molar-refractivity contribution in [2.45, 2.75) is 26.3 Å². The summed E-state index contributed by atoms with van der Waals surface area (Å²) in [6, 6.07) is 5.65. The smallest absolute Gasteiger partial charge is 0.244 e. The number of hydrogen-bond donors (Lipinski definition) is 1. The number of benzene rings is 1. The average Bonchev–Trinajstić information content (AvgIpc) is 3.10. The van der Waals surface area contributed by atoms with Gasteiger partial charge in [-0.15, -0.1) is 0 Å². The molecule has 1 aliphatic heterocycles. The van der Waals surface area contributed by atoms with Crippen LogP contribution in [0.3, 0.4) is 0 Å². The van der Waals surface area contributed by atoms with Gasteiger partial charge in [-0.3, -0.25) is 9.48 Å². The fourth-order valence-electron chi connectivity index (χ4n) is 2.70. The van der Waals surface area contributed by atoms with Crippen LogP contribution >= 0.6 is 11.6 Å². The minimum Gasteiger partial charge on any atom is -0.454 e. The fourth-order valence-corrected chi connectivity index (χ4v) is 2.94. The Morgan fingerprint density at radius 1 is 1.36 bits per heavy atom. The maximum atomic E-state index is 12.3. The zero-order valence-electron chi connectivity index (χ0n) is 14.6. The van der Waals surface area contributed by atoms with E-state index in [1.54, 1.807) is 17.8 Å². The molecule has 25 heavy (non-hydrogen) atoms. The normalized spacial score (nSPS) is 13.5. The van der Waals surface area contributed by atoms with E-state index in [1.165, 1.54) is 6.08 Å². The molecule has 0 saturated heterocycles. The molecule has 1 N–H and O–H groups in total. The molecule has 0 atom stereocenters. The highest BCUT2D eigenvalue weighted by molar-refractivity contribution is 6.31. The van der Waals surface area contributed by atoms with Gasteiger partial charge >= 0.3 is 0 Å². The quantitative estimate of drug-likeness (QED) is 0.849. The summed E-state index contributed by atoms with van der Waals surface area (Å²) in [4.78, 5) is 12.3. The molecule has 3 rings (SSSR count). The predicted molar refractivity (Wildman–Crippen MR) is 95.7 cm³/mol. The number of amides is 1. The molecule has 0 bridgehead atoms. The molecule has 7 heteroatoms. The van der Waals surface area contributed by atoms with Crippen molar-refractivity contribution in [3.63, 3.8) is 0 Å². The van der Waals surface area contributed by atoms with Gasteiger partial charge in [-0.2, -0.15) is 5.10 Å². The van der Waals surface area contributed by atoms with Crippen molar-refractivity contribution in [3.8, 4) is 11.5 Å². The first-order chi connectivity index (χ1) is 11.8. The second kappa shape index (κ2) is 6.44. The Morgan fingerprint density at radius 2 is 2.08 bits per heavy atom. The van der Waals surface area contributed by atoms with Gasteiger partial charge in [0.2, 0.25) is 12.7 Å². The lowest BCUT2D eigenvalue weighted by Gasteiger charge is -2.26. The van der Waals surface area contributed by atoms with Gasteiger partial charge < -0.3 is 14.8 Å². The van der Waals surface area contributed by atoms with Gasteiger partial charge in [0.25, 0.3) is 0 Å². The van der Waals surface area contributed by atoms with Crippen LogP contribution in [-0.4, -0.2) is 22.5 Å². The number of ether oxygens (including phenoxy) is 2. The molecule has 0 aliphatic carbocycles. The van der Waals surface area contributed by atoms with Crippen molar-refractivity contribution in [2.75, 3.05) is 6.79 Å². The molecule has 0 spiro atoms. The summed E-state index contributed by atoms with van der Waals surface area (Å²) in [7, 11) is 1.76. The van der Waals surface area contributed by atoms with Crippen LogP contribution in [0, 0.1) is 6.92 Å². The number of aryl methyl sites for hydroxylation is 2. The zero-order valence-corrected chi connectivity index (χ0v) is 15.3. The van der Waals surface area contributed by atoms with E-state index in [0.29, 0.717) is 16.7 Å². The van der Waals surface area contributed by atoms with Crippen LogP contribution in [0.2, 0.25) is 5.15 Å². The molecule has 6 nitrogen and oxygen atoms in total. The highest BCUT2D eigenvalue weighted by Gasteiger charge is 2.25. The third-order valence-corrected chi connectivity index (χ3v) is 4.58. The monoisotopic (exact) mass is 361 g/mol. The molecule has 0 fully saturated rings. The minimum atomic E-state index is -0.573. The van der Waals surface area contributed by atoms with E-state index in [2.05, 4.69) is 10.4 Å². The molecular weight excluding hydrogens is 342 g/mol. The van der Waals surface area contributed by atoms with Crippen LogP contribution in [0.5, 0.6) is 11.5 Å². The Labute approximate surface area is 151 Å². The molecule has 2 heterocycles. The Bertz CT molecular complexity index is 855. The van der Waals surface area contributed by atoms with Gasteiger partial charge in [-0.05, 0) is 44.5 Å². The van der Waals surface area contributed by atoms with E-state index in [0.717, 1.165) is 16.8 Å². The lowest BCUT2D eigenvalue weighted by molar-refractivity contribution is -0.118. The number of nitrogens with one attached hydrogen (secondary N) is 1. The standard InChI is InChI=1S/C18H20ClN3O3/c1-11-13(17(19)22(4)21-11)6-8-16(23)20-18(2,3)12-5-7-14-15(9-12)25-10-24-14/h5-9H,10H2,1-4H3,(H,20,23)/b8-6+. The average molecular weight is 362 g/mol. The van der Waals surface area contributed by atoms with E-state index in [1.807, 2.05) is 39.0 Å². The number of fused-ring (bicyclic) bond motifs is 1. The second-order valence-electron chi connectivity index (χ2n) is 6.43. The summed E-state index contributed by atoms with van der Waals surface area (Å²) in [5.41, 5.74) is 1.86. The second-order valence-corrected chi connectivity index (χ2v) is 6.79. The van der Waals surface area contributed by atoms with Crippen LogP contribution < -0.4 is 14.8 Å². The van der Waals surface area contributed by atoms with E-state index < -0.39 is 5.54 Å². The Balaban J connectivity index is 1.74. The summed E-state index contributed by atoms with van der Waals surface area (Å²) in [6.45, 7) is 5.93. The highest BCUT2D eigenvalue weighted by Crippen LogP contribution is 2.35. The van der Waals surface area contributed by atoms with E-state index in [-0.39, 0.29) is 12.7 Å². The van der Waals surface area contributed by atoms with E-state index >= 15 is 0 Å². The van der Waals surface area contributed by atoms with Crippen LogP contribution in [0.25, 0.3) is 6.08 Å². The summed E-state index contributed by atoms with van der Waals surface area (Å²) >= 11 is 6.17. The molecule has 2 aromatic rings. The molecule has 132 valence electrons. The van der Waals surface area contributed by atoms with Crippen molar-refractivity contribution >= 4 is 23.6 Å². The van der Waals surface area contributed by atoms with Gasteiger partial charge in [0.15, 0.2) is 11.5 Å². The molecule has 1 aliphatic rings. The first-order valence-corrected chi connectivity index (χ1v) is 8.25. The van der Waals surface area contributed by atoms with Crippen LogP contribution in [0.1, 0.15) is 30.7 Å². The number of nitrogens with zero attached hydrogens (tertiary/aromatic N) is 2. The molecular formula is C18H20ClN3O3. The van der Waals surface area contributed by atoms with Gasteiger partial charge in [0.1, 0.15) is 5.15 Å². The first-order valence-electron chi connectivity index (χ1n) is 7.87. The largest absolute Gasteiger partial charge is 0.454 e. The Kier molecular flexibility index (Phi) is 4.47. The summed E-state index contributed by atoms with van der Waals surface area (Å²) < 4.78 is 12.3. The number of carbonyl (C=O) groups excluding carboxylic acids is 1. The highest BCUT2D eigenvalue weighted by atomic mass is 35.5. The molecule has 1 aromatic heterocycles. The van der Waals surface area contributed by atoms with E-state index in [9.17, 15) is 4.79 Å². The van der Waals surface area contributed by atoms with Crippen molar-refractivity contribution in [2.24, 2.45) is 7.05 Å². The summed E-state index contributed by atoms with van der Waals surface area (Å²) in [6.07, 6.45) is 3.14. The number of aromatic nitrogens is 2. The number of halogens is 1. The topological polar surface area (TPSA) is 65.4 Å². The van der Waals surface area contributed by atoms with E-state index in [4.69, 9.17) is 21.1 Å². The SMILES string of the molecule is Cc1nn(C)c(Cl)c1/C=C/C(=O)NC(C)(C)c1ccc2c(c1)OCO2. The van der Waals surface area contributed by atoms with Gasteiger partial charge in [0, 0.05) is 18.7 Å². The Hall–Kier alpha value is -2.47. The third kappa shape index (κ3) is 3.49. The predicted octanol–water partition coefficient (Wildman–Crippen LogP) is 3.18. The van der Waals surface area contributed by atoms with Gasteiger partial charge in [0.05, 0.1) is 11.2 Å². The maximum absolute atomic E-state index is 12.3. The summed E-state index contributed by atoms with van der Waals surface area (Å²) in [5.74, 6) is 1.18. The molecule has 0 radical (unpaired) electrons. The molecule has 1 amide bonds. The fraction of sp³-hybridized carbons (Fsp3) is 0.333. The first kappa shape index (κ1) is 17.4. The number of hydrogen-bond acceptors (Lipinski definition) is 4. The zero-order chi connectivity index (χ0) is 18.2.